The highest BCUT2D eigenvalue weighted by Crippen LogP contribution is 2.21. The standard InChI is InChI=1S/C20H22ClN3O3S2/c1-29(26,27)18-6-3-2-5-17(18)19(25)23-13-4-14-24(23)20(28)22-12-11-15-7-9-16(21)10-8-15/h2-3,5-10H,4,11-14H2,1H3,(H,22,28). The topological polar surface area (TPSA) is 69.7 Å². The van der Waals surface area contributed by atoms with Gasteiger partial charge < -0.3 is 5.32 Å². The molecule has 3 rings (SSSR count). The van der Waals surface area contributed by atoms with E-state index in [0.29, 0.717) is 29.8 Å². The first-order valence-electron chi connectivity index (χ1n) is 9.18. The molecule has 0 atom stereocenters. The van der Waals surface area contributed by atoms with Crippen molar-refractivity contribution in [2.75, 3.05) is 25.9 Å². The third kappa shape index (κ3) is 5.26. The predicted octanol–water partition coefficient (Wildman–Crippen LogP) is 2.92. The van der Waals surface area contributed by atoms with Gasteiger partial charge in [-0.3, -0.25) is 9.80 Å². The van der Waals surface area contributed by atoms with Gasteiger partial charge in [0.05, 0.1) is 10.5 Å². The zero-order chi connectivity index (χ0) is 21.0. The highest BCUT2D eigenvalue weighted by molar-refractivity contribution is 7.90. The number of thiocarbonyl (C=S) groups is 1. The summed E-state index contributed by atoms with van der Waals surface area (Å²) in [6.45, 7) is 1.69. The van der Waals surface area contributed by atoms with Crippen LogP contribution in [-0.2, 0) is 16.3 Å². The number of halogens is 1. The molecule has 2 aromatic rings. The van der Waals surface area contributed by atoms with Crippen LogP contribution in [0.25, 0.3) is 0 Å². The van der Waals surface area contributed by atoms with Crippen molar-refractivity contribution in [1.82, 2.24) is 15.3 Å². The molecule has 0 radical (unpaired) electrons. The summed E-state index contributed by atoms with van der Waals surface area (Å²) in [6.07, 6.45) is 2.62. The largest absolute Gasteiger partial charge is 0.361 e. The Morgan fingerprint density at radius 2 is 1.76 bits per heavy atom. The summed E-state index contributed by atoms with van der Waals surface area (Å²) in [7, 11) is -3.52. The lowest BCUT2D eigenvalue weighted by Gasteiger charge is -2.30. The molecule has 1 saturated heterocycles. The quantitative estimate of drug-likeness (QED) is 0.705. The Morgan fingerprint density at radius 1 is 1.10 bits per heavy atom. The number of nitrogens with zero attached hydrogens (tertiary/aromatic N) is 2. The Morgan fingerprint density at radius 3 is 2.45 bits per heavy atom. The van der Waals surface area contributed by atoms with Crippen LogP contribution in [0.15, 0.2) is 53.4 Å². The van der Waals surface area contributed by atoms with E-state index in [1.807, 2.05) is 24.3 Å². The Kier molecular flexibility index (Phi) is 6.77. The van der Waals surface area contributed by atoms with Crippen LogP contribution >= 0.6 is 23.8 Å². The van der Waals surface area contributed by atoms with Crippen LogP contribution in [0, 0.1) is 0 Å². The molecule has 1 amide bonds. The van der Waals surface area contributed by atoms with E-state index >= 15 is 0 Å². The molecule has 6 nitrogen and oxygen atoms in total. The summed E-state index contributed by atoms with van der Waals surface area (Å²) in [6, 6.07) is 13.9. The first kappa shape index (κ1) is 21.5. The molecule has 1 aliphatic heterocycles. The third-order valence-electron chi connectivity index (χ3n) is 4.62. The number of carbonyl (C=O) groups excluding carboxylic acids is 1. The normalized spacial score (nSPS) is 14.1. The van der Waals surface area contributed by atoms with Crippen molar-refractivity contribution in [2.24, 2.45) is 0 Å². The van der Waals surface area contributed by atoms with Crippen LogP contribution in [0.3, 0.4) is 0 Å². The zero-order valence-corrected chi connectivity index (χ0v) is 18.4. The first-order chi connectivity index (χ1) is 13.8. The van der Waals surface area contributed by atoms with Crippen molar-refractivity contribution in [3.05, 3.63) is 64.7 Å². The SMILES string of the molecule is CS(=O)(=O)c1ccccc1C(=O)N1CCCN1C(=S)NCCc1ccc(Cl)cc1. The van der Waals surface area contributed by atoms with Crippen LogP contribution < -0.4 is 5.32 Å². The van der Waals surface area contributed by atoms with E-state index in [2.05, 4.69) is 5.32 Å². The molecule has 2 aromatic carbocycles. The van der Waals surface area contributed by atoms with Gasteiger partial charge in [0.25, 0.3) is 5.91 Å². The predicted molar refractivity (Wildman–Crippen MR) is 118 cm³/mol. The Labute approximate surface area is 181 Å². The van der Waals surface area contributed by atoms with Gasteiger partial charge in [0.1, 0.15) is 0 Å². The molecule has 154 valence electrons. The van der Waals surface area contributed by atoms with Gasteiger partial charge in [-0.2, -0.15) is 0 Å². The van der Waals surface area contributed by atoms with Gasteiger partial charge >= 0.3 is 0 Å². The fourth-order valence-electron chi connectivity index (χ4n) is 3.20. The van der Waals surface area contributed by atoms with E-state index < -0.39 is 9.84 Å². The summed E-state index contributed by atoms with van der Waals surface area (Å²) in [5.41, 5.74) is 1.28. The summed E-state index contributed by atoms with van der Waals surface area (Å²) < 4.78 is 24.1. The van der Waals surface area contributed by atoms with Crippen LogP contribution in [0.2, 0.25) is 5.02 Å². The van der Waals surface area contributed by atoms with Gasteiger partial charge in [-0.05, 0) is 54.9 Å². The highest BCUT2D eigenvalue weighted by Gasteiger charge is 2.31. The molecule has 1 aliphatic rings. The number of rotatable bonds is 5. The first-order valence-corrected chi connectivity index (χ1v) is 11.9. The Hall–Kier alpha value is -2.16. The van der Waals surface area contributed by atoms with Crippen molar-refractivity contribution in [3.8, 4) is 0 Å². The van der Waals surface area contributed by atoms with E-state index in [4.69, 9.17) is 23.8 Å². The van der Waals surface area contributed by atoms with Crippen LogP contribution in [0.5, 0.6) is 0 Å². The molecule has 1 N–H and O–H groups in total. The van der Waals surface area contributed by atoms with E-state index in [9.17, 15) is 13.2 Å². The molecular weight excluding hydrogens is 430 g/mol. The minimum atomic E-state index is -3.52. The Balaban J connectivity index is 1.67. The fourth-order valence-corrected chi connectivity index (χ4v) is 4.49. The highest BCUT2D eigenvalue weighted by atomic mass is 35.5. The van der Waals surface area contributed by atoms with Crippen molar-refractivity contribution < 1.29 is 13.2 Å². The summed E-state index contributed by atoms with van der Waals surface area (Å²) in [4.78, 5) is 13.1. The van der Waals surface area contributed by atoms with Gasteiger partial charge in [-0.15, -0.1) is 0 Å². The van der Waals surface area contributed by atoms with Gasteiger partial charge in [-0.1, -0.05) is 35.9 Å². The molecule has 29 heavy (non-hydrogen) atoms. The summed E-state index contributed by atoms with van der Waals surface area (Å²) >= 11 is 11.4. The van der Waals surface area contributed by atoms with Crippen molar-refractivity contribution in [3.63, 3.8) is 0 Å². The van der Waals surface area contributed by atoms with Crippen molar-refractivity contribution >= 4 is 44.7 Å². The number of nitrogens with one attached hydrogen (secondary N) is 1. The third-order valence-corrected chi connectivity index (χ3v) is 6.38. The molecule has 0 aliphatic carbocycles. The van der Waals surface area contributed by atoms with E-state index in [1.165, 1.54) is 17.1 Å². The molecule has 0 aromatic heterocycles. The lowest BCUT2D eigenvalue weighted by Crippen LogP contribution is -2.49. The number of hydrogen-bond acceptors (Lipinski definition) is 4. The minimum absolute atomic E-state index is 0.0264. The minimum Gasteiger partial charge on any atom is -0.361 e. The molecule has 0 bridgehead atoms. The second kappa shape index (κ2) is 9.11. The molecule has 0 spiro atoms. The monoisotopic (exact) mass is 451 g/mol. The summed E-state index contributed by atoms with van der Waals surface area (Å²) in [5, 5.41) is 7.54. The average Bonchev–Trinajstić information content (AvgIpc) is 3.18. The zero-order valence-electron chi connectivity index (χ0n) is 16.0. The number of carbonyl (C=O) groups is 1. The second-order valence-electron chi connectivity index (χ2n) is 6.78. The number of benzene rings is 2. The maximum absolute atomic E-state index is 13.1. The van der Waals surface area contributed by atoms with Crippen LogP contribution in [0.4, 0.5) is 0 Å². The van der Waals surface area contributed by atoms with E-state index in [1.54, 1.807) is 17.1 Å². The van der Waals surface area contributed by atoms with Gasteiger partial charge in [0.15, 0.2) is 14.9 Å². The number of sulfone groups is 1. The smallest absolute Gasteiger partial charge is 0.273 e. The molecular formula is C20H22ClN3O3S2. The molecule has 1 heterocycles. The lowest BCUT2D eigenvalue weighted by atomic mass is 10.1. The molecule has 1 fully saturated rings. The molecule has 0 saturated carbocycles. The van der Waals surface area contributed by atoms with E-state index in [-0.39, 0.29) is 16.4 Å². The second-order valence-corrected chi connectivity index (χ2v) is 9.59. The average molecular weight is 452 g/mol. The van der Waals surface area contributed by atoms with Gasteiger partial charge in [-0.25, -0.2) is 13.4 Å². The summed E-state index contributed by atoms with van der Waals surface area (Å²) in [5.74, 6) is -0.370. The maximum Gasteiger partial charge on any atom is 0.273 e. The fraction of sp³-hybridized carbons (Fsp3) is 0.300. The number of hydrazine groups is 1. The number of hydrogen-bond donors (Lipinski definition) is 1. The van der Waals surface area contributed by atoms with Crippen molar-refractivity contribution in [2.45, 2.75) is 17.7 Å². The van der Waals surface area contributed by atoms with Crippen LogP contribution in [-0.4, -0.2) is 55.3 Å². The molecule has 0 unspecified atom stereocenters. The van der Waals surface area contributed by atoms with Gasteiger partial charge in [0, 0.05) is 30.9 Å². The van der Waals surface area contributed by atoms with Crippen LogP contribution in [0.1, 0.15) is 22.3 Å². The molecule has 9 heteroatoms. The Bertz CT molecular complexity index is 1010. The van der Waals surface area contributed by atoms with Crippen molar-refractivity contribution in [1.29, 1.82) is 0 Å². The van der Waals surface area contributed by atoms with Gasteiger partial charge in [0.2, 0.25) is 0 Å². The lowest BCUT2D eigenvalue weighted by molar-refractivity contribution is 0.0488. The van der Waals surface area contributed by atoms with E-state index in [0.717, 1.165) is 24.7 Å². The maximum atomic E-state index is 13.1. The number of amides is 1.